The Morgan fingerprint density at radius 2 is 1.79 bits per heavy atom. The van der Waals surface area contributed by atoms with E-state index in [0.717, 1.165) is 4.90 Å². The van der Waals surface area contributed by atoms with E-state index in [1.165, 1.54) is 36.4 Å². The van der Waals surface area contributed by atoms with Gasteiger partial charge in [-0.1, -0.05) is 30.3 Å². The van der Waals surface area contributed by atoms with Crippen LogP contribution in [0.25, 0.3) is 10.9 Å². The van der Waals surface area contributed by atoms with Crippen LogP contribution in [0.15, 0.2) is 71.7 Å². The number of rotatable bonds is 7. The Bertz CT molecular complexity index is 1660. The third kappa shape index (κ3) is 4.26. The summed E-state index contributed by atoms with van der Waals surface area (Å²) in [5.74, 6) is -2.20. The molecule has 5 rings (SSSR count). The monoisotopic (exact) mass is 512 g/mol. The van der Waals surface area contributed by atoms with Crippen molar-refractivity contribution >= 4 is 45.8 Å². The highest BCUT2D eigenvalue weighted by Gasteiger charge is 2.37. The predicted octanol–water partition coefficient (Wildman–Crippen LogP) is 4.11. The van der Waals surface area contributed by atoms with Crippen LogP contribution in [-0.4, -0.2) is 56.6 Å². The van der Waals surface area contributed by atoms with Gasteiger partial charge in [-0.25, -0.2) is 4.99 Å². The van der Waals surface area contributed by atoms with Crippen LogP contribution in [0.4, 0.5) is 11.4 Å². The summed E-state index contributed by atoms with van der Waals surface area (Å²) in [6, 6.07) is 17.5. The molecule has 2 heterocycles. The molecule has 1 aromatic heterocycles. The molecule has 0 spiro atoms. The second-order valence-corrected chi connectivity index (χ2v) is 8.39. The molecule has 0 fully saturated rings. The zero-order chi connectivity index (χ0) is 27.0. The van der Waals surface area contributed by atoms with Gasteiger partial charge in [-0.05, 0) is 31.2 Å². The highest BCUT2D eigenvalue weighted by atomic mass is 16.6. The summed E-state index contributed by atoms with van der Waals surface area (Å²) < 4.78 is 4.86. The lowest BCUT2D eigenvalue weighted by atomic mass is 10.00. The number of esters is 1. The topological polar surface area (TPSA) is 155 Å². The molecular formula is C27H20N4O7. The zero-order valence-corrected chi connectivity index (χ0v) is 20.0. The van der Waals surface area contributed by atoms with Crippen LogP contribution in [0, 0.1) is 10.1 Å². The molecule has 0 atom stereocenters. The highest BCUT2D eigenvalue weighted by Crippen LogP contribution is 2.34. The Balaban J connectivity index is 1.63. The van der Waals surface area contributed by atoms with E-state index in [2.05, 4.69) is 4.98 Å². The van der Waals surface area contributed by atoms with Crippen LogP contribution < -0.4 is 0 Å². The Hall–Kier alpha value is -5.32. The number of benzene rings is 3. The Labute approximate surface area is 215 Å². The molecule has 0 unspecified atom stereocenters. The van der Waals surface area contributed by atoms with Crippen LogP contribution in [0.3, 0.4) is 0 Å². The van der Waals surface area contributed by atoms with Crippen molar-refractivity contribution in [2.24, 2.45) is 4.99 Å². The number of H-pyrrole nitrogens is 1. The number of imide groups is 1. The van der Waals surface area contributed by atoms with Gasteiger partial charge in [-0.3, -0.25) is 29.4 Å². The first-order valence-corrected chi connectivity index (χ1v) is 11.6. The molecule has 2 amide bonds. The van der Waals surface area contributed by atoms with Gasteiger partial charge in [0, 0.05) is 28.6 Å². The van der Waals surface area contributed by atoms with Gasteiger partial charge in [0.15, 0.2) is 5.88 Å². The standard InChI is InChI=1S/C27H20N4O7/c1-2-38-22(32)14-30-26(34)18-10-8-16(12-19(18)27(30)35)28-24(15-6-4-3-5-7-15)23-20-13-17(31(36)37)9-11-21(20)29-25(23)33/h3-13,29,33H,2,14H2,1H3. The zero-order valence-electron chi connectivity index (χ0n) is 20.0. The minimum absolute atomic E-state index is 0.0757. The second kappa shape index (κ2) is 9.62. The quantitative estimate of drug-likeness (QED) is 0.124. The first-order chi connectivity index (χ1) is 18.3. The largest absolute Gasteiger partial charge is 0.494 e. The number of ether oxygens (including phenoxy) is 1. The number of hydrogen-bond acceptors (Lipinski definition) is 8. The summed E-state index contributed by atoms with van der Waals surface area (Å²) in [5, 5.41) is 22.6. The smallest absolute Gasteiger partial charge is 0.326 e. The van der Waals surface area contributed by atoms with E-state index in [1.54, 1.807) is 37.3 Å². The van der Waals surface area contributed by atoms with Gasteiger partial charge in [-0.2, -0.15) is 0 Å². The first-order valence-electron chi connectivity index (χ1n) is 11.6. The van der Waals surface area contributed by atoms with Crippen molar-refractivity contribution in [3.05, 3.63) is 99.1 Å². The molecule has 0 saturated heterocycles. The molecule has 0 aliphatic carbocycles. The minimum Gasteiger partial charge on any atom is -0.494 e. The second-order valence-electron chi connectivity index (χ2n) is 8.39. The lowest BCUT2D eigenvalue weighted by Crippen LogP contribution is -2.35. The summed E-state index contributed by atoms with van der Waals surface area (Å²) in [6.07, 6.45) is 0. The molecule has 0 radical (unpaired) electrons. The number of aromatic hydroxyl groups is 1. The van der Waals surface area contributed by atoms with Gasteiger partial charge in [0.25, 0.3) is 17.5 Å². The van der Waals surface area contributed by atoms with Crippen molar-refractivity contribution in [3.8, 4) is 5.88 Å². The maximum Gasteiger partial charge on any atom is 0.326 e. The molecule has 190 valence electrons. The lowest BCUT2D eigenvalue weighted by Gasteiger charge is -2.12. The number of carbonyl (C=O) groups is 3. The molecule has 0 bridgehead atoms. The van der Waals surface area contributed by atoms with E-state index >= 15 is 0 Å². The number of nitrogens with zero attached hydrogens (tertiary/aromatic N) is 3. The van der Waals surface area contributed by atoms with E-state index in [-0.39, 0.29) is 40.6 Å². The number of aliphatic imine (C=N–C) groups is 1. The van der Waals surface area contributed by atoms with Crippen LogP contribution >= 0.6 is 0 Å². The Kier molecular flexibility index (Phi) is 6.17. The van der Waals surface area contributed by atoms with E-state index in [0.29, 0.717) is 22.2 Å². The van der Waals surface area contributed by atoms with Crippen molar-refractivity contribution in [3.63, 3.8) is 0 Å². The SMILES string of the molecule is CCOC(=O)CN1C(=O)c2ccc(N=C(c3ccccc3)c3c(O)[nH]c4ccc([N+](=O)[O-])cc34)cc2C1=O. The van der Waals surface area contributed by atoms with Crippen molar-refractivity contribution < 1.29 is 29.2 Å². The fourth-order valence-electron chi connectivity index (χ4n) is 4.34. The number of amides is 2. The maximum atomic E-state index is 13.0. The number of nitro groups is 1. The Morgan fingerprint density at radius 1 is 1.05 bits per heavy atom. The summed E-state index contributed by atoms with van der Waals surface area (Å²) in [5.41, 5.74) is 1.93. The van der Waals surface area contributed by atoms with Crippen LogP contribution in [-0.2, 0) is 9.53 Å². The number of fused-ring (bicyclic) bond motifs is 2. The number of carbonyl (C=O) groups excluding carboxylic acids is 3. The molecule has 0 saturated carbocycles. The number of non-ortho nitro benzene ring substituents is 1. The van der Waals surface area contributed by atoms with Gasteiger partial charge >= 0.3 is 5.97 Å². The van der Waals surface area contributed by atoms with E-state index in [4.69, 9.17) is 9.73 Å². The van der Waals surface area contributed by atoms with E-state index < -0.39 is 29.3 Å². The van der Waals surface area contributed by atoms with Crippen LogP contribution in [0.5, 0.6) is 5.88 Å². The number of aromatic nitrogens is 1. The lowest BCUT2D eigenvalue weighted by molar-refractivity contribution is -0.384. The van der Waals surface area contributed by atoms with Gasteiger partial charge in [-0.15, -0.1) is 0 Å². The van der Waals surface area contributed by atoms with Crippen LogP contribution in [0.2, 0.25) is 0 Å². The van der Waals surface area contributed by atoms with Crippen LogP contribution in [0.1, 0.15) is 38.8 Å². The van der Waals surface area contributed by atoms with Crippen molar-refractivity contribution in [2.75, 3.05) is 13.2 Å². The average Bonchev–Trinajstić information content (AvgIpc) is 3.35. The Morgan fingerprint density at radius 3 is 2.50 bits per heavy atom. The molecule has 4 aromatic rings. The molecule has 1 aliphatic rings. The molecule has 3 aromatic carbocycles. The molecule has 38 heavy (non-hydrogen) atoms. The third-order valence-corrected chi connectivity index (χ3v) is 6.04. The number of nitrogens with one attached hydrogen (secondary N) is 1. The highest BCUT2D eigenvalue weighted by molar-refractivity contribution is 6.24. The fourth-order valence-corrected chi connectivity index (χ4v) is 4.34. The van der Waals surface area contributed by atoms with Gasteiger partial charge in [0.1, 0.15) is 6.54 Å². The maximum absolute atomic E-state index is 13.0. The van der Waals surface area contributed by atoms with Gasteiger partial charge in [0.05, 0.1) is 39.6 Å². The normalized spacial score (nSPS) is 13.2. The first kappa shape index (κ1) is 24.4. The molecule has 11 heteroatoms. The minimum atomic E-state index is -0.699. The third-order valence-electron chi connectivity index (χ3n) is 6.04. The predicted molar refractivity (Wildman–Crippen MR) is 137 cm³/mol. The number of hydrogen-bond donors (Lipinski definition) is 2. The van der Waals surface area contributed by atoms with Crippen molar-refractivity contribution in [2.45, 2.75) is 6.92 Å². The van der Waals surface area contributed by atoms with Crippen molar-refractivity contribution in [1.29, 1.82) is 0 Å². The van der Waals surface area contributed by atoms with Gasteiger partial charge in [0.2, 0.25) is 0 Å². The average molecular weight is 512 g/mol. The molecule has 1 aliphatic heterocycles. The summed E-state index contributed by atoms with van der Waals surface area (Å²) in [6.45, 7) is 1.24. The summed E-state index contributed by atoms with van der Waals surface area (Å²) >= 11 is 0. The number of nitro benzene ring substituents is 1. The van der Waals surface area contributed by atoms with Crippen molar-refractivity contribution in [1.82, 2.24) is 9.88 Å². The van der Waals surface area contributed by atoms with E-state index in [9.17, 15) is 29.6 Å². The molecule has 11 nitrogen and oxygen atoms in total. The van der Waals surface area contributed by atoms with Gasteiger partial charge < -0.3 is 14.8 Å². The fraction of sp³-hybridized carbons (Fsp3) is 0.111. The number of aromatic amines is 1. The van der Waals surface area contributed by atoms with E-state index in [1.807, 2.05) is 0 Å². The summed E-state index contributed by atoms with van der Waals surface area (Å²) in [7, 11) is 0. The molecular weight excluding hydrogens is 492 g/mol. The molecule has 2 N–H and O–H groups in total. The summed E-state index contributed by atoms with van der Waals surface area (Å²) in [4.78, 5) is 56.8.